The molecule has 0 aliphatic heterocycles. The number of anilines is 1. The van der Waals surface area contributed by atoms with E-state index >= 15 is 0 Å². The summed E-state index contributed by atoms with van der Waals surface area (Å²) < 4.78 is 56.0. The lowest BCUT2D eigenvalue weighted by Gasteiger charge is -2.12. The van der Waals surface area contributed by atoms with Crippen LogP contribution >= 0.6 is 11.3 Å². The number of aromatic nitrogens is 2. The molecule has 1 aromatic carbocycles. The molecule has 182 valence electrons. The molecule has 11 nitrogen and oxygen atoms in total. The normalized spacial score (nSPS) is 12.3. The molecule has 3 N–H and O–H groups in total. The highest BCUT2D eigenvalue weighted by Crippen LogP contribution is 2.29. The molecule has 4 aromatic rings. The van der Waals surface area contributed by atoms with Crippen molar-refractivity contribution >= 4 is 54.9 Å². The van der Waals surface area contributed by atoms with Gasteiger partial charge >= 0.3 is 6.03 Å². The van der Waals surface area contributed by atoms with E-state index in [9.17, 15) is 31.7 Å². The fraction of sp³-hybridized carbons (Fsp3) is 0.0500. The summed E-state index contributed by atoms with van der Waals surface area (Å²) in [6.45, 7) is 0. The molecular formula is C20H15FN4O7S3. The number of halogens is 1. The van der Waals surface area contributed by atoms with E-state index in [4.69, 9.17) is 4.18 Å². The van der Waals surface area contributed by atoms with Crippen molar-refractivity contribution in [1.82, 2.24) is 14.3 Å². The predicted octanol–water partition coefficient (Wildman–Crippen LogP) is 2.47. The molecule has 35 heavy (non-hydrogen) atoms. The van der Waals surface area contributed by atoms with Crippen LogP contribution in [-0.2, 0) is 21.1 Å². The fourth-order valence-electron chi connectivity index (χ4n) is 3.05. The smallest absolute Gasteiger partial charge is 0.333 e. The molecule has 0 saturated heterocycles. The summed E-state index contributed by atoms with van der Waals surface area (Å²) in [5, 5.41) is 12.9. The molecule has 0 spiro atoms. The minimum Gasteiger partial charge on any atom is -0.494 e. The van der Waals surface area contributed by atoms with Gasteiger partial charge in [0.2, 0.25) is 17.0 Å². The Labute approximate surface area is 203 Å². The first-order valence-corrected chi connectivity index (χ1v) is 13.3. The van der Waals surface area contributed by atoms with Crippen LogP contribution in [0.1, 0.15) is 0 Å². The highest BCUT2D eigenvalue weighted by atomic mass is 32.2. The zero-order valence-corrected chi connectivity index (χ0v) is 20.0. The molecule has 1 atom stereocenters. The number of amides is 2. The molecule has 0 fully saturated rings. The Kier molecular flexibility index (Phi) is 6.56. The first-order valence-electron chi connectivity index (χ1n) is 9.49. The van der Waals surface area contributed by atoms with E-state index in [0.717, 1.165) is 22.9 Å². The lowest BCUT2D eigenvalue weighted by atomic mass is 10.1. The summed E-state index contributed by atoms with van der Waals surface area (Å²) in [7, 11) is -4.26. The quantitative estimate of drug-likeness (QED) is 0.338. The summed E-state index contributed by atoms with van der Waals surface area (Å²) in [5.41, 5.74) is -0.517. The first-order chi connectivity index (χ1) is 16.5. The van der Waals surface area contributed by atoms with Crippen LogP contribution in [0.15, 0.2) is 63.7 Å². The van der Waals surface area contributed by atoms with Crippen LogP contribution in [-0.4, -0.2) is 39.6 Å². The number of carbonyl (C=O) groups is 1. The van der Waals surface area contributed by atoms with Crippen LogP contribution in [0.2, 0.25) is 0 Å². The Morgan fingerprint density at radius 3 is 2.60 bits per heavy atom. The van der Waals surface area contributed by atoms with Gasteiger partial charge in [-0.3, -0.25) is 4.79 Å². The van der Waals surface area contributed by atoms with Crippen LogP contribution in [0.25, 0.3) is 16.6 Å². The number of nitrogens with one attached hydrogen (secondary N) is 2. The molecule has 0 bridgehead atoms. The first kappa shape index (κ1) is 24.3. The van der Waals surface area contributed by atoms with E-state index in [1.807, 2.05) is 0 Å². The van der Waals surface area contributed by atoms with Crippen molar-refractivity contribution in [3.63, 3.8) is 0 Å². The number of urea groups is 1. The van der Waals surface area contributed by atoms with Crippen molar-refractivity contribution in [2.75, 3.05) is 11.6 Å². The molecule has 0 radical (unpaired) electrons. The molecular weight excluding hydrogens is 523 g/mol. The minimum absolute atomic E-state index is 0.00688. The van der Waals surface area contributed by atoms with Gasteiger partial charge in [0.25, 0.3) is 15.6 Å². The molecule has 0 aliphatic carbocycles. The van der Waals surface area contributed by atoms with Gasteiger partial charge in [0, 0.05) is 17.7 Å². The molecule has 15 heteroatoms. The van der Waals surface area contributed by atoms with Crippen LogP contribution in [0.3, 0.4) is 0 Å². The summed E-state index contributed by atoms with van der Waals surface area (Å²) in [6.07, 6.45) is 2.48. The SMILES string of the molecule is CS(=O)Oc1ccc2cc(=O)n(-c3ccc(NC(=O)NS(=O)(=O)c4ccc(F)s4)cn3)c(O)c2c1. The van der Waals surface area contributed by atoms with Gasteiger partial charge in [-0.05, 0) is 41.8 Å². The number of hydrogen-bond donors (Lipinski definition) is 3. The predicted molar refractivity (Wildman–Crippen MR) is 127 cm³/mol. The van der Waals surface area contributed by atoms with Gasteiger partial charge in [0.15, 0.2) is 5.13 Å². The summed E-state index contributed by atoms with van der Waals surface area (Å²) in [5.74, 6) is -0.218. The van der Waals surface area contributed by atoms with Gasteiger partial charge in [-0.1, -0.05) is 17.4 Å². The van der Waals surface area contributed by atoms with Crippen molar-refractivity contribution in [2.45, 2.75) is 4.21 Å². The Morgan fingerprint density at radius 1 is 1.20 bits per heavy atom. The Bertz CT molecular complexity index is 1630. The summed E-state index contributed by atoms with van der Waals surface area (Å²) >= 11 is -1.23. The van der Waals surface area contributed by atoms with E-state index in [-0.39, 0.29) is 26.9 Å². The zero-order chi connectivity index (χ0) is 25.3. The standard InChI is InChI=1S/C20H15FN4O7S3/c1-34(29)32-13-4-2-11-8-17(26)25(19(27)14(11)9-13)16-6-3-12(10-22-16)23-20(28)24-35(30,31)18-7-5-15(21)33-18/h2-10,27H,1H3,(H2,23,24,28). The molecule has 0 aliphatic rings. The molecule has 4 rings (SSSR count). The largest absolute Gasteiger partial charge is 0.494 e. The van der Waals surface area contributed by atoms with Crippen molar-refractivity contribution in [3.8, 4) is 17.4 Å². The second-order valence-corrected chi connectivity index (χ2v) is 10.8. The number of aromatic hydroxyl groups is 1. The molecule has 3 aromatic heterocycles. The van der Waals surface area contributed by atoms with Gasteiger partial charge < -0.3 is 14.6 Å². The van der Waals surface area contributed by atoms with Gasteiger partial charge in [-0.25, -0.2) is 31.7 Å². The van der Waals surface area contributed by atoms with Crippen molar-refractivity contribution in [1.29, 1.82) is 0 Å². The van der Waals surface area contributed by atoms with E-state index < -0.39 is 43.7 Å². The number of hydrogen-bond acceptors (Lipinski definition) is 9. The van der Waals surface area contributed by atoms with Gasteiger partial charge in [-0.15, -0.1) is 0 Å². The minimum atomic E-state index is -4.26. The van der Waals surface area contributed by atoms with E-state index in [2.05, 4.69) is 10.3 Å². The van der Waals surface area contributed by atoms with Crippen LogP contribution < -0.4 is 19.8 Å². The number of carbonyl (C=O) groups excluding carboxylic acids is 1. The third kappa shape index (κ3) is 5.31. The number of nitrogens with zero attached hydrogens (tertiary/aromatic N) is 2. The van der Waals surface area contributed by atoms with Gasteiger partial charge in [0.1, 0.15) is 15.8 Å². The zero-order valence-electron chi connectivity index (χ0n) is 17.6. The second kappa shape index (κ2) is 9.44. The maximum atomic E-state index is 13.1. The number of pyridine rings is 2. The Hall–Kier alpha value is -3.82. The van der Waals surface area contributed by atoms with Crippen molar-refractivity contribution in [2.24, 2.45) is 0 Å². The monoisotopic (exact) mass is 538 g/mol. The molecule has 0 saturated carbocycles. The maximum Gasteiger partial charge on any atom is 0.333 e. The summed E-state index contributed by atoms with van der Waals surface area (Å²) in [4.78, 5) is 28.7. The Balaban J connectivity index is 1.57. The number of thiophene rings is 1. The highest BCUT2D eigenvalue weighted by molar-refractivity contribution is 7.92. The van der Waals surface area contributed by atoms with E-state index in [1.54, 1.807) is 4.72 Å². The number of rotatable bonds is 6. The number of fused-ring (bicyclic) bond motifs is 1. The maximum absolute atomic E-state index is 13.1. The topological polar surface area (TPSA) is 157 Å². The van der Waals surface area contributed by atoms with Crippen LogP contribution in [0.5, 0.6) is 11.6 Å². The third-order valence-corrected chi connectivity index (χ3v) is 7.59. The van der Waals surface area contributed by atoms with Gasteiger partial charge in [-0.2, -0.15) is 4.39 Å². The van der Waals surface area contributed by atoms with E-state index in [0.29, 0.717) is 16.7 Å². The molecule has 2 amide bonds. The Morgan fingerprint density at radius 2 is 1.97 bits per heavy atom. The average molecular weight is 539 g/mol. The van der Waals surface area contributed by atoms with Crippen LogP contribution in [0, 0.1) is 5.13 Å². The number of benzene rings is 1. The second-order valence-electron chi connectivity index (χ2n) is 6.90. The fourth-order valence-corrected chi connectivity index (χ4v) is 5.33. The number of sulfonamides is 1. The lowest BCUT2D eigenvalue weighted by molar-refractivity contribution is 0.256. The van der Waals surface area contributed by atoms with Crippen molar-refractivity contribution in [3.05, 3.63) is 70.2 Å². The molecule has 3 heterocycles. The summed E-state index contributed by atoms with van der Waals surface area (Å²) in [6, 6.07) is 9.23. The van der Waals surface area contributed by atoms with E-state index in [1.165, 1.54) is 42.7 Å². The molecule has 1 unspecified atom stereocenters. The van der Waals surface area contributed by atoms with Crippen LogP contribution in [0.4, 0.5) is 14.9 Å². The van der Waals surface area contributed by atoms with Gasteiger partial charge in [0.05, 0.1) is 11.9 Å². The average Bonchev–Trinajstić information content (AvgIpc) is 3.22. The third-order valence-electron chi connectivity index (χ3n) is 4.47. The highest BCUT2D eigenvalue weighted by Gasteiger charge is 2.20. The van der Waals surface area contributed by atoms with Crippen molar-refractivity contribution < 1.29 is 31.1 Å². The lowest BCUT2D eigenvalue weighted by Crippen LogP contribution is -2.34.